The maximum Gasteiger partial charge on any atom is 0.319 e. The average Bonchev–Trinajstić information content (AvgIpc) is 2.62. The Morgan fingerprint density at radius 2 is 1.73 bits per heavy atom. The van der Waals surface area contributed by atoms with Gasteiger partial charge in [-0.2, -0.15) is 0 Å². The number of nitrogens with one attached hydrogen (secondary N) is 2. The number of rotatable bonds is 7. The minimum absolute atomic E-state index is 0.170. The van der Waals surface area contributed by atoms with Crippen molar-refractivity contribution < 1.29 is 14.3 Å². The fourth-order valence-corrected chi connectivity index (χ4v) is 2.50. The highest BCUT2D eigenvalue weighted by atomic mass is 16.5. The van der Waals surface area contributed by atoms with E-state index in [1.807, 2.05) is 20.8 Å². The number of aryl methyl sites for hydroxylation is 1. The lowest BCUT2D eigenvalue weighted by Crippen LogP contribution is -2.37. The summed E-state index contributed by atoms with van der Waals surface area (Å²) in [5, 5.41) is 5.73. The lowest BCUT2D eigenvalue weighted by molar-refractivity contribution is 0.1000. The summed E-state index contributed by atoms with van der Waals surface area (Å²) in [6.45, 7) is 5.93. The van der Waals surface area contributed by atoms with E-state index >= 15 is 0 Å². The summed E-state index contributed by atoms with van der Waals surface area (Å²) in [5.41, 5.74) is 7.21. The third kappa shape index (κ3) is 5.24. The van der Waals surface area contributed by atoms with Gasteiger partial charge in [-0.05, 0) is 67.8 Å². The van der Waals surface area contributed by atoms with Crippen molar-refractivity contribution in [3.05, 3.63) is 53.6 Å². The fourth-order valence-electron chi connectivity index (χ4n) is 2.50. The largest absolute Gasteiger partial charge is 0.457 e. The zero-order valence-corrected chi connectivity index (χ0v) is 15.3. The van der Waals surface area contributed by atoms with Crippen LogP contribution in [0.1, 0.15) is 42.6 Å². The number of primary amides is 1. The Morgan fingerprint density at radius 3 is 2.27 bits per heavy atom. The second kappa shape index (κ2) is 8.89. The molecule has 3 amide bonds. The summed E-state index contributed by atoms with van der Waals surface area (Å²) in [5.74, 6) is 0.801. The topological polar surface area (TPSA) is 93.4 Å². The van der Waals surface area contributed by atoms with Crippen LogP contribution in [0.25, 0.3) is 0 Å². The quantitative estimate of drug-likeness (QED) is 0.695. The second-order valence-corrected chi connectivity index (χ2v) is 6.08. The van der Waals surface area contributed by atoms with Gasteiger partial charge in [-0.3, -0.25) is 4.79 Å². The molecule has 0 aliphatic carbocycles. The van der Waals surface area contributed by atoms with Gasteiger partial charge < -0.3 is 21.1 Å². The molecule has 0 atom stereocenters. The second-order valence-electron chi connectivity index (χ2n) is 6.08. The van der Waals surface area contributed by atoms with Crippen molar-refractivity contribution in [3.63, 3.8) is 0 Å². The first-order chi connectivity index (χ1) is 12.4. The van der Waals surface area contributed by atoms with E-state index in [9.17, 15) is 9.59 Å². The van der Waals surface area contributed by atoms with E-state index in [0.29, 0.717) is 22.7 Å². The van der Waals surface area contributed by atoms with Gasteiger partial charge in [0.25, 0.3) is 0 Å². The fraction of sp³-hybridized carbons (Fsp3) is 0.300. The Labute approximate surface area is 153 Å². The number of amides is 3. The molecule has 0 aromatic heterocycles. The SMILES string of the molecule is CCC(CC)NC(=O)Nc1ccc(Oc2ccc(C(N)=O)cc2C)cc1. The molecule has 0 radical (unpaired) electrons. The number of carbonyl (C=O) groups excluding carboxylic acids is 2. The molecule has 6 nitrogen and oxygen atoms in total. The van der Waals surface area contributed by atoms with E-state index in [2.05, 4.69) is 10.6 Å². The minimum atomic E-state index is -0.471. The normalized spacial score (nSPS) is 10.5. The molecule has 26 heavy (non-hydrogen) atoms. The lowest BCUT2D eigenvalue weighted by atomic mass is 10.1. The highest BCUT2D eigenvalue weighted by Gasteiger charge is 2.09. The van der Waals surface area contributed by atoms with Crippen LogP contribution >= 0.6 is 0 Å². The molecule has 138 valence electrons. The van der Waals surface area contributed by atoms with Crippen molar-refractivity contribution in [2.75, 3.05) is 5.32 Å². The third-order valence-electron chi connectivity index (χ3n) is 4.12. The van der Waals surface area contributed by atoms with Crippen molar-refractivity contribution in [3.8, 4) is 11.5 Å². The predicted octanol–water partition coefficient (Wildman–Crippen LogP) is 4.20. The smallest absolute Gasteiger partial charge is 0.319 e. The molecule has 0 bridgehead atoms. The van der Waals surface area contributed by atoms with Crippen molar-refractivity contribution in [2.45, 2.75) is 39.7 Å². The van der Waals surface area contributed by atoms with E-state index in [1.165, 1.54) is 0 Å². The predicted molar refractivity (Wildman–Crippen MR) is 103 cm³/mol. The van der Waals surface area contributed by atoms with E-state index in [1.54, 1.807) is 42.5 Å². The molecule has 0 aliphatic rings. The van der Waals surface area contributed by atoms with Gasteiger partial charge in [-0.1, -0.05) is 13.8 Å². The average molecular weight is 355 g/mol. The van der Waals surface area contributed by atoms with E-state index in [4.69, 9.17) is 10.5 Å². The number of urea groups is 1. The van der Waals surface area contributed by atoms with Crippen LogP contribution in [0.15, 0.2) is 42.5 Å². The van der Waals surface area contributed by atoms with Gasteiger partial charge in [0, 0.05) is 17.3 Å². The third-order valence-corrected chi connectivity index (χ3v) is 4.12. The van der Waals surface area contributed by atoms with E-state index in [-0.39, 0.29) is 12.1 Å². The Hall–Kier alpha value is -3.02. The standard InChI is InChI=1S/C20H25N3O3/c1-4-15(5-2)22-20(25)23-16-7-9-17(10-8-16)26-18-11-6-14(19(21)24)12-13(18)3/h6-12,15H,4-5H2,1-3H3,(H2,21,24)(H2,22,23,25). The van der Waals surface area contributed by atoms with Crippen LogP contribution in [-0.2, 0) is 0 Å². The molecule has 6 heteroatoms. The maximum absolute atomic E-state index is 12.0. The Balaban J connectivity index is 1.99. The number of hydrogen-bond acceptors (Lipinski definition) is 3. The molecule has 2 aromatic rings. The van der Waals surface area contributed by atoms with E-state index in [0.717, 1.165) is 18.4 Å². The molecule has 0 saturated heterocycles. The van der Waals surface area contributed by atoms with E-state index < -0.39 is 5.91 Å². The summed E-state index contributed by atoms with van der Waals surface area (Å²) < 4.78 is 5.82. The molecule has 4 N–H and O–H groups in total. The van der Waals surface area contributed by atoms with Crippen LogP contribution < -0.4 is 21.1 Å². The lowest BCUT2D eigenvalue weighted by Gasteiger charge is -2.15. The zero-order chi connectivity index (χ0) is 19.1. The summed E-state index contributed by atoms with van der Waals surface area (Å²) in [7, 11) is 0. The van der Waals surface area contributed by atoms with Gasteiger partial charge in [-0.25, -0.2) is 4.79 Å². The van der Waals surface area contributed by atoms with Crippen LogP contribution in [0.4, 0.5) is 10.5 Å². The van der Waals surface area contributed by atoms with Crippen LogP contribution in [0, 0.1) is 6.92 Å². The van der Waals surface area contributed by atoms with Gasteiger partial charge in [0.15, 0.2) is 0 Å². The van der Waals surface area contributed by atoms with Gasteiger partial charge in [-0.15, -0.1) is 0 Å². The zero-order valence-electron chi connectivity index (χ0n) is 15.3. The highest BCUT2D eigenvalue weighted by molar-refractivity contribution is 5.93. The van der Waals surface area contributed by atoms with Crippen molar-refractivity contribution in [1.82, 2.24) is 5.32 Å². The number of hydrogen-bond donors (Lipinski definition) is 3. The Kier molecular flexibility index (Phi) is 6.60. The van der Waals surface area contributed by atoms with Crippen LogP contribution in [-0.4, -0.2) is 18.0 Å². The summed E-state index contributed by atoms with van der Waals surface area (Å²) in [4.78, 5) is 23.2. The van der Waals surface area contributed by atoms with Gasteiger partial charge >= 0.3 is 6.03 Å². The Morgan fingerprint density at radius 1 is 1.08 bits per heavy atom. The van der Waals surface area contributed by atoms with Crippen LogP contribution in [0.2, 0.25) is 0 Å². The molecule has 0 fully saturated rings. The minimum Gasteiger partial charge on any atom is -0.457 e. The molecule has 2 aromatic carbocycles. The van der Waals surface area contributed by atoms with Crippen LogP contribution in [0.3, 0.4) is 0 Å². The number of carbonyl (C=O) groups is 2. The summed E-state index contributed by atoms with van der Waals surface area (Å²) >= 11 is 0. The maximum atomic E-state index is 12.0. The first-order valence-electron chi connectivity index (χ1n) is 8.68. The number of anilines is 1. The molecule has 0 saturated carbocycles. The Bertz CT molecular complexity index is 768. The van der Waals surface area contributed by atoms with Gasteiger partial charge in [0.2, 0.25) is 5.91 Å². The molecular weight excluding hydrogens is 330 g/mol. The molecule has 0 heterocycles. The molecule has 0 unspecified atom stereocenters. The number of nitrogens with two attached hydrogens (primary N) is 1. The first kappa shape index (κ1) is 19.3. The number of ether oxygens (including phenoxy) is 1. The molecule has 0 spiro atoms. The van der Waals surface area contributed by atoms with Crippen molar-refractivity contribution >= 4 is 17.6 Å². The summed E-state index contributed by atoms with van der Waals surface area (Å²) in [6, 6.07) is 12.1. The van der Waals surface area contributed by atoms with Crippen molar-refractivity contribution in [1.29, 1.82) is 0 Å². The number of benzene rings is 2. The summed E-state index contributed by atoms with van der Waals surface area (Å²) in [6.07, 6.45) is 1.79. The molecular formula is C20H25N3O3. The van der Waals surface area contributed by atoms with Gasteiger partial charge in [0.1, 0.15) is 11.5 Å². The van der Waals surface area contributed by atoms with Crippen LogP contribution in [0.5, 0.6) is 11.5 Å². The first-order valence-corrected chi connectivity index (χ1v) is 8.68. The van der Waals surface area contributed by atoms with Crippen molar-refractivity contribution in [2.24, 2.45) is 5.73 Å². The monoisotopic (exact) mass is 355 g/mol. The molecule has 0 aliphatic heterocycles. The highest BCUT2D eigenvalue weighted by Crippen LogP contribution is 2.26. The van der Waals surface area contributed by atoms with Gasteiger partial charge in [0.05, 0.1) is 0 Å². The molecule has 2 rings (SSSR count).